The SMILES string of the molecule is CCC(NC(=O)C(=O)Nc1ccc(Cl)c(Cl)c1)c1ccc2c(c1)CCCC2. The van der Waals surface area contributed by atoms with Gasteiger partial charge < -0.3 is 10.6 Å². The lowest BCUT2D eigenvalue weighted by Crippen LogP contribution is -2.37. The maximum atomic E-state index is 12.3. The Kier molecular flexibility index (Phi) is 6.40. The second-order valence-electron chi connectivity index (χ2n) is 6.75. The molecule has 0 heterocycles. The molecule has 0 aliphatic heterocycles. The van der Waals surface area contributed by atoms with Crippen molar-refractivity contribution in [2.24, 2.45) is 0 Å². The van der Waals surface area contributed by atoms with Crippen LogP contribution in [0.5, 0.6) is 0 Å². The molecule has 0 aromatic heterocycles. The predicted octanol–water partition coefficient (Wildman–Crippen LogP) is 5.08. The van der Waals surface area contributed by atoms with E-state index in [1.165, 1.54) is 30.0 Å². The van der Waals surface area contributed by atoms with Crippen LogP contribution in [0.15, 0.2) is 36.4 Å². The molecule has 0 bridgehead atoms. The van der Waals surface area contributed by atoms with E-state index in [1.54, 1.807) is 12.1 Å². The van der Waals surface area contributed by atoms with E-state index in [-0.39, 0.29) is 6.04 Å². The Hall–Kier alpha value is -2.04. The van der Waals surface area contributed by atoms with Crippen molar-refractivity contribution < 1.29 is 9.59 Å². The fourth-order valence-electron chi connectivity index (χ4n) is 3.38. The number of fused-ring (bicyclic) bond motifs is 1. The minimum absolute atomic E-state index is 0.204. The molecule has 2 aromatic carbocycles. The first kappa shape index (κ1) is 19.7. The van der Waals surface area contributed by atoms with Gasteiger partial charge in [0, 0.05) is 5.69 Å². The standard InChI is InChI=1S/C21H22Cl2N2O2/c1-2-19(15-8-7-13-5-3-4-6-14(13)11-15)25-21(27)20(26)24-16-9-10-17(22)18(23)12-16/h7-12,19H,2-6H2,1H3,(H,24,26)(H,25,27). The van der Waals surface area contributed by atoms with E-state index >= 15 is 0 Å². The van der Waals surface area contributed by atoms with Crippen LogP contribution in [0.4, 0.5) is 5.69 Å². The first-order valence-corrected chi connectivity index (χ1v) is 9.92. The van der Waals surface area contributed by atoms with Crippen LogP contribution in [0.2, 0.25) is 10.0 Å². The van der Waals surface area contributed by atoms with Gasteiger partial charge in [0.05, 0.1) is 16.1 Å². The molecule has 3 rings (SSSR count). The average Bonchev–Trinajstić information content (AvgIpc) is 2.68. The number of rotatable bonds is 4. The van der Waals surface area contributed by atoms with E-state index in [0.717, 1.165) is 18.4 Å². The molecule has 0 spiro atoms. The van der Waals surface area contributed by atoms with Crippen LogP contribution in [0, 0.1) is 0 Å². The van der Waals surface area contributed by atoms with Gasteiger partial charge in [-0.1, -0.05) is 48.3 Å². The van der Waals surface area contributed by atoms with Gasteiger partial charge >= 0.3 is 11.8 Å². The zero-order valence-electron chi connectivity index (χ0n) is 15.1. The molecule has 0 fully saturated rings. The molecule has 1 aliphatic carbocycles. The molecule has 6 heteroatoms. The van der Waals surface area contributed by atoms with Crippen molar-refractivity contribution in [3.8, 4) is 0 Å². The Balaban J connectivity index is 1.67. The Morgan fingerprint density at radius 1 is 0.963 bits per heavy atom. The quantitative estimate of drug-likeness (QED) is 0.698. The topological polar surface area (TPSA) is 58.2 Å². The van der Waals surface area contributed by atoms with Crippen LogP contribution in [-0.4, -0.2) is 11.8 Å². The summed E-state index contributed by atoms with van der Waals surface area (Å²) in [6.07, 6.45) is 5.32. The number of hydrogen-bond acceptors (Lipinski definition) is 2. The molecular formula is C21H22Cl2N2O2. The molecule has 2 amide bonds. The summed E-state index contributed by atoms with van der Waals surface area (Å²) >= 11 is 11.8. The number of aryl methyl sites for hydroxylation is 2. The van der Waals surface area contributed by atoms with Gasteiger partial charge in [0.15, 0.2) is 0 Å². The Bertz CT molecular complexity index is 867. The second-order valence-corrected chi connectivity index (χ2v) is 7.57. The molecule has 1 atom stereocenters. The molecule has 0 saturated heterocycles. The number of anilines is 1. The van der Waals surface area contributed by atoms with Crippen LogP contribution in [-0.2, 0) is 22.4 Å². The summed E-state index contributed by atoms with van der Waals surface area (Å²) in [7, 11) is 0. The van der Waals surface area contributed by atoms with Crippen molar-refractivity contribution in [1.82, 2.24) is 5.32 Å². The first-order valence-electron chi connectivity index (χ1n) is 9.16. The zero-order chi connectivity index (χ0) is 19.4. The highest BCUT2D eigenvalue weighted by Gasteiger charge is 2.20. The molecule has 142 valence electrons. The number of amides is 2. The normalized spacial score (nSPS) is 14.2. The first-order chi connectivity index (χ1) is 13.0. The third-order valence-electron chi connectivity index (χ3n) is 4.87. The van der Waals surface area contributed by atoms with Gasteiger partial charge in [0.2, 0.25) is 0 Å². The molecule has 1 unspecified atom stereocenters. The molecular weight excluding hydrogens is 383 g/mol. The third kappa shape index (κ3) is 4.82. The Labute approximate surface area is 169 Å². The number of nitrogens with one attached hydrogen (secondary N) is 2. The lowest BCUT2D eigenvalue weighted by Gasteiger charge is -2.21. The van der Waals surface area contributed by atoms with Crippen molar-refractivity contribution in [2.75, 3.05) is 5.32 Å². The van der Waals surface area contributed by atoms with Crippen LogP contribution in [0.3, 0.4) is 0 Å². The molecule has 2 aromatic rings. The molecule has 2 N–H and O–H groups in total. The van der Waals surface area contributed by atoms with Crippen LogP contribution in [0.25, 0.3) is 0 Å². The van der Waals surface area contributed by atoms with E-state index in [4.69, 9.17) is 23.2 Å². The minimum Gasteiger partial charge on any atom is -0.341 e. The summed E-state index contributed by atoms with van der Waals surface area (Å²) in [4.78, 5) is 24.6. The highest BCUT2D eigenvalue weighted by Crippen LogP contribution is 2.27. The summed E-state index contributed by atoms with van der Waals surface area (Å²) in [5.74, 6) is -1.41. The number of carbonyl (C=O) groups is 2. The third-order valence-corrected chi connectivity index (χ3v) is 5.61. The summed E-state index contributed by atoms with van der Waals surface area (Å²) in [5.41, 5.74) is 4.20. The largest absolute Gasteiger partial charge is 0.341 e. The van der Waals surface area contributed by atoms with Crippen molar-refractivity contribution in [3.63, 3.8) is 0 Å². The summed E-state index contributed by atoms with van der Waals surface area (Å²) in [6, 6.07) is 10.8. The predicted molar refractivity (Wildman–Crippen MR) is 109 cm³/mol. The van der Waals surface area contributed by atoms with Crippen molar-refractivity contribution >= 4 is 40.7 Å². The molecule has 1 aliphatic rings. The Morgan fingerprint density at radius 2 is 1.70 bits per heavy atom. The summed E-state index contributed by atoms with van der Waals surface area (Å²) in [6.45, 7) is 1.99. The van der Waals surface area contributed by atoms with Crippen LogP contribution < -0.4 is 10.6 Å². The van der Waals surface area contributed by atoms with E-state index in [9.17, 15) is 9.59 Å². The Morgan fingerprint density at radius 3 is 2.41 bits per heavy atom. The van der Waals surface area contributed by atoms with E-state index < -0.39 is 11.8 Å². The van der Waals surface area contributed by atoms with E-state index in [1.807, 2.05) is 6.92 Å². The fraction of sp³-hybridized carbons (Fsp3) is 0.333. The highest BCUT2D eigenvalue weighted by atomic mass is 35.5. The summed E-state index contributed by atoms with van der Waals surface area (Å²) < 4.78 is 0. The van der Waals surface area contributed by atoms with Gasteiger partial charge in [-0.15, -0.1) is 0 Å². The van der Waals surface area contributed by atoms with Gasteiger partial charge in [-0.2, -0.15) is 0 Å². The monoisotopic (exact) mass is 404 g/mol. The molecule has 4 nitrogen and oxygen atoms in total. The van der Waals surface area contributed by atoms with Crippen LogP contribution in [0.1, 0.15) is 48.9 Å². The van der Waals surface area contributed by atoms with Gasteiger partial charge in [0.25, 0.3) is 0 Å². The smallest absolute Gasteiger partial charge is 0.313 e. The minimum atomic E-state index is -0.732. The number of halogens is 2. The number of hydrogen-bond donors (Lipinski definition) is 2. The van der Waals surface area contributed by atoms with E-state index in [0.29, 0.717) is 22.2 Å². The zero-order valence-corrected chi connectivity index (χ0v) is 16.7. The van der Waals surface area contributed by atoms with Gasteiger partial charge in [-0.05, 0) is 67.0 Å². The fourth-order valence-corrected chi connectivity index (χ4v) is 3.67. The molecule has 27 heavy (non-hydrogen) atoms. The lowest BCUT2D eigenvalue weighted by atomic mass is 9.89. The molecule has 0 radical (unpaired) electrons. The second kappa shape index (κ2) is 8.77. The van der Waals surface area contributed by atoms with Crippen molar-refractivity contribution in [1.29, 1.82) is 0 Å². The highest BCUT2D eigenvalue weighted by molar-refractivity contribution is 6.43. The van der Waals surface area contributed by atoms with Gasteiger partial charge in [0.1, 0.15) is 0 Å². The van der Waals surface area contributed by atoms with Crippen molar-refractivity contribution in [3.05, 3.63) is 63.1 Å². The maximum Gasteiger partial charge on any atom is 0.313 e. The van der Waals surface area contributed by atoms with Crippen LogP contribution >= 0.6 is 23.2 Å². The van der Waals surface area contributed by atoms with Gasteiger partial charge in [-0.25, -0.2) is 0 Å². The number of carbonyl (C=O) groups excluding carboxylic acids is 2. The maximum absolute atomic E-state index is 12.3. The molecule has 0 saturated carbocycles. The lowest BCUT2D eigenvalue weighted by molar-refractivity contribution is -0.136. The van der Waals surface area contributed by atoms with Gasteiger partial charge in [-0.3, -0.25) is 9.59 Å². The average molecular weight is 405 g/mol. The van der Waals surface area contributed by atoms with E-state index in [2.05, 4.69) is 28.8 Å². The van der Waals surface area contributed by atoms with Crippen molar-refractivity contribution in [2.45, 2.75) is 45.1 Å². The summed E-state index contributed by atoms with van der Waals surface area (Å²) in [5, 5.41) is 6.07. The number of benzene rings is 2.